The first-order valence-corrected chi connectivity index (χ1v) is 9.12. The summed E-state index contributed by atoms with van der Waals surface area (Å²) in [5, 5.41) is 30.0. The number of allylic oxidation sites excluding steroid dienone is 4. The van der Waals surface area contributed by atoms with E-state index in [9.17, 15) is 15.8 Å². The Morgan fingerprint density at radius 3 is 2.43 bits per heavy atom. The van der Waals surface area contributed by atoms with Gasteiger partial charge in [-0.1, -0.05) is 13.0 Å². The third kappa shape index (κ3) is 2.68. The number of nitriles is 3. The van der Waals surface area contributed by atoms with Gasteiger partial charge >= 0.3 is 0 Å². The lowest BCUT2D eigenvalue weighted by Crippen LogP contribution is -2.43. The number of ether oxygens (including phenoxy) is 2. The van der Waals surface area contributed by atoms with Crippen LogP contribution in [0.4, 0.5) is 0 Å². The van der Waals surface area contributed by atoms with Crippen molar-refractivity contribution in [2.45, 2.75) is 25.7 Å². The molecule has 2 aliphatic rings. The minimum Gasteiger partial charge on any atom is -0.497 e. The Labute approximate surface area is 165 Å². The van der Waals surface area contributed by atoms with Crippen LogP contribution in [0.3, 0.4) is 0 Å². The van der Waals surface area contributed by atoms with Crippen LogP contribution in [0.5, 0.6) is 11.5 Å². The van der Waals surface area contributed by atoms with E-state index in [4.69, 9.17) is 15.2 Å². The summed E-state index contributed by atoms with van der Waals surface area (Å²) in [6.07, 6.45) is 3.61. The summed E-state index contributed by atoms with van der Waals surface area (Å²) in [6.45, 7) is 2.13. The molecule has 0 bridgehead atoms. The monoisotopic (exact) mass is 374 g/mol. The molecule has 2 N–H and O–H groups in total. The fourth-order valence-corrected chi connectivity index (χ4v) is 4.50. The lowest BCUT2D eigenvalue weighted by molar-refractivity contribution is 0.275. The summed E-state index contributed by atoms with van der Waals surface area (Å²) < 4.78 is 10.9. The highest BCUT2D eigenvalue weighted by molar-refractivity contribution is 5.61. The molecule has 0 amide bonds. The molecule has 0 aliphatic heterocycles. The lowest BCUT2D eigenvalue weighted by atomic mass is 9.55. The highest BCUT2D eigenvalue weighted by atomic mass is 16.5. The van der Waals surface area contributed by atoms with Gasteiger partial charge in [-0.05, 0) is 48.4 Å². The fraction of sp³-hybridized carbons (Fsp3) is 0.409. The Bertz CT molecular complexity index is 973. The van der Waals surface area contributed by atoms with E-state index < -0.39 is 11.3 Å². The molecule has 6 heteroatoms. The third-order valence-electron chi connectivity index (χ3n) is 5.88. The molecule has 1 unspecified atom stereocenters. The Morgan fingerprint density at radius 2 is 1.86 bits per heavy atom. The Kier molecular flexibility index (Phi) is 5.04. The van der Waals surface area contributed by atoms with Crippen LogP contribution in [0.2, 0.25) is 0 Å². The van der Waals surface area contributed by atoms with Crippen molar-refractivity contribution in [1.82, 2.24) is 0 Å². The van der Waals surface area contributed by atoms with Gasteiger partial charge in [0.2, 0.25) is 0 Å². The summed E-state index contributed by atoms with van der Waals surface area (Å²) in [6, 6.07) is 11.8. The zero-order chi connectivity index (χ0) is 20.5. The van der Waals surface area contributed by atoms with Crippen LogP contribution in [0, 0.1) is 51.2 Å². The molecule has 6 nitrogen and oxygen atoms in total. The average molecular weight is 374 g/mol. The molecule has 28 heavy (non-hydrogen) atoms. The number of fused-ring (bicyclic) bond motifs is 1. The summed E-state index contributed by atoms with van der Waals surface area (Å²) in [5.41, 5.74) is 6.46. The average Bonchev–Trinajstić information content (AvgIpc) is 2.72. The summed E-state index contributed by atoms with van der Waals surface area (Å²) >= 11 is 0. The van der Waals surface area contributed by atoms with Crippen molar-refractivity contribution in [3.05, 3.63) is 46.7 Å². The van der Waals surface area contributed by atoms with Crippen LogP contribution in [0.15, 0.2) is 41.1 Å². The number of hydrogen-bond donors (Lipinski definition) is 1. The van der Waals surface area contributed by atoms with Gasteiger partial charge in [0.15, 0.2) is 5.41 Å². The molecule has 1 aromatic rings. The van der Waals surface area contributed by atoms with Crippen LogP contribution in [-0.4, -0.2) is 14.2 Å². The molecule has 142 valence electrons. The van der Waals surface area contributed by atoms with E-state index in [0.717, 1.165) is 18.4 Å². The molecule has 3 rings (SSSR count). The van der Waals surface area contributed by atoms with Gasteiger partial charge in [0.1, 0.15) is 17.6 Å². The van der Waals surface area contributed by atoms with Crippen molar-refractivity contribution in [2.24, 2.45) is 23.0 Å². The summed E-state index contributed by atoms with van der Waals surface area (Å²) in [5.74, 6) is 0.766. The number of hydrogen-bond acceptors (Lipinski definition) is 6. The molecule has 0 saturated heterocycles. The highest BCUT2D eigenvalue weighted by Crippen LogP contribution is 2.58. The van der Waals surface area contributed by atoms with E-state index in [0.29, 0.717) is 23.0 Å². The van der Waals surface area contributed by atoms with Gasteiger partial charge in [-0.15, -0.1) is 0 Å². The molecular formula is C22H22N4O2. The van der Waals surface area contributed by atoms with Crippen LogP contribution >= 0.6 is 0 Å². The predicted octanol–water partition coefficient (Wildman–Crippen LogP) is 3.54. The van der Waals surface area contributed by atoms with Crippen LogP contribution in [-0.2, 0) is 0 Å². The van der Waals surface area contributed by atoms with E-state index in [1.807, 2.05) is 6.08 Å². The second kappa shape index (κ2) is 7.29. The fourth-order valence-electron chi connectivity index (χ4n) is 4.50. The topological polar surface area (TPSA) is 116 Å². The van der Waals surface area contributed by atoms with Crippen molar-refractivity contribution in [3.8, 4) is 29.7 Å². The minimum absolute atomic E-state index is 0.0203. The lowest BCUT2D eigenvalue weighted by Gasteiger charge is -2.44. The first kappa shape index (κ1) is 19.3. The molecule has 1 aromatic carbocycles. The van der Waals surface area contributed by atoms with E-state index in [-0.39, 0.29) is 17.2 Å². The Hall–Kier alpha value is -3.43. The van der Waals surface area contributed by atoms with E-state index in [1.54, 1.807) is 32.4 Å². The molecule has 0 spiro atoms. The SMILES string of the molecule is COc1ccc(OC)c([C@@H]2[C@H]3CC(C)CC=C3C(C#N)=C(N)C2(C#N)C#N)c1. The summed E-state index contributed by atoms with van der Waals surface area (Å²) in [7, 11) is 3.11. The van der Waals surface area contributed by atoms with Crippen molar-refractivity contribution in [1.29, 1.82) is 15.8 Å². The maximum atomic E-state index is 10.1. The van der Waals surface area contributed by atoms with E-state index in [2.05, 4.69) is 25.1 Å². The highest BCUT2D eigenvalue weighted by Gasteiger charge is 2.55. The molecule has 0 fully saturated rings. The zero-order valence-corrected chi connectivity index (χ0v) is 16.2. The quantitative estimate of drug-likeness (QED) is 0.865. The molecule has 0 saturated carbocycles. The second-order valence-corrected chi connectivity index (χ2v) is 7.36. The standard InChI is InChI=1S/C22H22N4O2/c1-13-4-6-15-16(8-13)20(17-9-14(27-2)5-7-19(17)28-3)22(11-24,12-25)21(26)18(15)10-23/h5-7,9,13,16,20H,4,8,26H2,1-3H3/t13?,16-,20-/m0/s1. The minimum atomic E-state index is -1.66. The third-order valence-corrected chi connectivity index (χ3v) is 5.88. The van der Waals surface area contributed by atoms with Crippen molar-refractivity contribution in [2.75, 3.05) is 14.2 Å². The van der Waals surface area contributed by atoms with Crippen molar-refractivity contribution in [3.63, 3.8) is 0 Å². The number of rotatable bonds is 3. The van der Waals surface area contributed by atoms with Crippen molar-refractivity contribution >= 4 is 0 Å². The van der Waals surface area contributed by atoms with E-state index >= 15 is 0 Å². The maximum Gasteiger partial charge on any atom is 0.191 e. The number of nitrogens with two attached hydrogens (primary N) is 1. The molecule has 3 atom stereocenters. The molecule has 0 radical (unpaired) electrons. The van der Waals surface area contributed by atoms with Gasteiger partial charge in [-0.2, -0.15) is 15.8 Å². The van der Waals surface area contributed by atoms with Gasteiger partial charge in [-0.3, -0.25) is 0 Å². The molecule has 2 aliphatic carbocycles. The van der Waals surface area contributed by atoms with Gasteiger partial charge in [-0.25, -0.2) is 0 Å². The maximum absolute atomic E-state index is 10.1. The van der Waals surface area contributed by atoms with Gasteiger partial charge in [0, 0.05) is 11.5 Å². The smallest absolute Gasteiger partial charge is 0.191 e. The van der Waals surface area contributed by atoms with Gasteiger partial charge < -0.3 is 15.2 Å². The Balaban J connectivity index is 2.38. The van der Waals surface area contributed by atoms with Crippen molar-refractivity contribution < 1.29 is 9.47 Å². The molecular weight excluding hydrogens is 352 g/mol. The zero-order valence-electron chi connectivity index (χ0n) is 16.2. The van der Waals surface area contributed by atoms with Gasteiger partial charge in [0.05, 0.1) is 37.6 Å². The molecule has 0 heterocycles. The number of methoxy groups -OCH3 is 2. The van der Waals surface area contributed by atoms with Crippen LogP contribution < -0.4 is 15.2 Å². The normalized spacial score (nSPS) is 25.4. The predicted molar refractivity (Wildman–Crippen MR) is 103 cm³/mol. The first-order valence-electron chi connectivity index (χ1n) is 9.12. The largest absolute Gasteiger partial charge is 0.497 e. The Morgan fingerprint density at radius 1 is 1.14 bits per heavy atom. The van der Waals surface area contributed by atoms with Crippen LogP contribution in [0.1, 0.15) is 31.2 Å². The number of nitrogens with zero attached hydrogens (tertiary/aromatic N) is 3. The number of benzene rings is 1. The van der Waals surface area contributed by atoms with E-state index in [1.165, 1.54) is 0 Å². The summed E-state index contributed by atoms with van der Waals surface area (Å²) in [4.78, 5) is 0. The molecule has 0 aromatic heterocycles. The van der Waals surface area contributed by atoms with Gasteiger partial charge in [0.25, 0.3) is 0 Å². The first-order chi connectivity index (χ1) is 13.5. The van der Waals surface area contributed by atoms with Crippen LogP contribution in [0.25, 0.3) is 0 Å². The second-order valence-electron chi connectivity index (χ2n) is 7.36.